The summed E-state index contributed by atoms with van der Waals surface area (Å²) < 4.78 is 10.9. The van der Waals surface area contributed by atoms with Crippen molar-refractivity contribution in [3.05, 3.63) is 78.0 Å². The Morgan fingerprint density at radius 3 is 2.41 bits per heavy atom. The number of para-hydroxylation sites is 1. The first-order valence-corrected chi connectivity index (χ1v) is 10.2. The van der Waals surface area contributed by atoms with Gasteiger partial charge in [0.05, 0.1) is 24.9 Å². The number of benzene rings is 2. The quantitative estimate of drug-likeness (QED) is 0.619. The largest absolute Gasteiger partial charge is 0.503 e. The van der Waals surface area contributed by atoms with E-state index in [9.17, 15) is 14.7 Å². The van der Waals surface area contributed by atoms with Crippen LogP contribution in [-0.4, -0.2) is 28.9 Å². The van der Waals surface area contributed by atoms with Crippen LogP contribution in [0.5, 0.6) is 5.75 Å². The predicted octanol–water partition coefficient (Wildman–Crippen LogP) is 4.87. The molecule has 164 valence electrons. The third kappa shape index (κ3) is 3.56. The molecule has 7 heteroatoms. The third-order valence-electron chi connectivity index (χ3n) is 5.43. The number of methoxy groups -OCH3 is 1. The minimum atomic E-state index is -0.832. The number of oxazole rings is 1. The number of ether oxygens (including phenoxy) is 1. The van der Waals surface area contributed by atoms with Crippen LogP contribution in [-0.2, 0) is 9.59 Å². The second-order valence-electron chi connectivity index (χ2n) is 8.57. The first kappa shape index (κ1) is 21.4. The molecule has 0 fully saturated rings. The Labute approximate surface area is 186 Å². The molecule has 2 heterocycles. The summed E-state index contributed by atoms with van der Waals surface area (Å²) in [5.41, 5.74) is 1.19. The van der Waals surface area contributed by atoms with Crippen LogP contribution < -0.4 is 9.64 Å². The van der Waals surface area contributed by atoms with E-state index in [1.165, 1.54) is 18.4 Å². The maximum atomic E-state index is 13.3. The average Bonchev–Trinajstić information content (AvgIpc) is 3.40. The lowest BCUT2D eigenvalue weighted by atomic mass is 9.82. The van der Waals surface area contributed by atoms with Crippen molar-refractivity contribution in [3.8, 4) is 17.1 Å². The lowest BCUT2D eigenvalue weighted by Crippen LogP contribution is -2.33. The molecule has 0 saturated carbocycles. The topological polar surface area (TPSA) is 92.9 Å². The zero-order valence-corrected chi connectivity index (χ0v) is 18.3. The molecule has 32 heavy (non-hydrogen) atoms. The van der Waals surface area contributed by atoms with Gasteiger partial charge >= 0.3 is 0 Å². The Morgan fingerprint density at radius 1 is 1.12 bits per heavy atom. The molecule has 0 spiro atoms. The molecule has 1 aromatic heterocycles. The first-order valence-electron chi connectivity index (χ1n) is 10.2. The van der Waals surface area contributed by atoms with Crippen LogP contribution in [0.3, 0.4) is 0 Å². The summed E-state index contributed by atoms with van der Waals surface area (Å²) in [5, 5.41) is 10.8. The van der Waals surface area contributed by atoms with Gasteiger partial charge in [-0.15, -0.1) is 0 Å². The van der Waals surface area contributed by atoms with E-state index >= 15 is 0 Å². The van der Waals surface area contributed by atoms with Gasteiger partial charge in [0.25, 0.3) is 5.91 Å². The number of carbonyl (C=O) groups excluding carboxylic acids is 2. The van der Waals surface area contributed by atoms with E-state index < -0.39 is 23.1 Å². The number of carbonyl (C=O) groups is 2. The summed E-state index contributed by atoms with van der Waals surface area (Å²) in [4.78, 5) is 31.9. The lowest BCUT2D eigenvalue weighted by molar-refractivity contribution is -0.123. The van der Waals surface area contributed by atoms with Crippen LogP contribution in [0.15, 0.2) is 76.9 Å². The predicted molar refractivity (Wildman–Crippen MR) is 119 cm³/mol. The second kappa shape index (κ2) is 8.00. The highest BCUT2D eigenvalue weighted by Crippen LogP contribution is 2.46. The summed E-state index contributed by atoms with van der Waals surface area (Å²) in [6.07, 6.45) is 2.94. The van der Waals surface area contributed by atoms with Gasteiger partial charge in [0, 0.05) is 22.2 Å². The minimum absolute atomic E-state index is 0.0614. The lowest BCUT2D eigenvalue weighted by Gasteiger charge is -2.29. The van der Waals surface area contributed by atoms with Gasteiger partial charge in [-0.2, -0.15) is 0 Å². The van der Waals surface area contributed by atoms with Crippen molar-refractivity contribution in [2.24, 2.45) is 5.41 Å². The fourth-order valence-electron chi connectivity index (χ4n) is 3.84. The summed E-state index contributed by atoms with van der Waals surface area (Å²) >= 11 is 0. The van der Waals surface area contributed by atoms with E-state index in [0.29, 0.717) is 22.8 Å². The zero-order chi connectivity index (χ0) is 23.0. The van der Waals surface area contributed by atoms with Crippen LogP contribution in [0.1, 0.15) is 32.4 Å². The number of aliphatic hydroxyl groups is 1. The van der Waals surface area contributed by atoms with Gasteiger partial charge in [0.15, 0.2) is 23.7 Å². The van der Waals surface area contributed by atoms with Crippen molar-refractivity contribution in [1.82, 2.24) is 4.98 Å². The molecule has 7 nitrogen and oxygen atoms in total. The first-order chi connectivity index (χ1) is 15.2. The monoisotopic (exact) mass is 432 g/mol. The number of hydrogen-bond acceptors (Lipinski definition) is 6. The Morgan fingerprint density at radius 2 is 1.81 bits per heavy atom. The standard InChI is InChI=1S/C25H24N2O5/c1-25(2,3)23(29)20-21(17-7-5-6-8-18(17)31-4)27(24(30)22(20)28)16-11-9-15(10-12-16)19-13-26-14-32-19/h5-14,21,28H,1-4H3. The number of rotatable bonds is 5. The SMILES string of the molecule is COc1ccccc1C1C(C(=O)C(C)(C)C)=C(O)C(=O)N1c1ccc(-c2cnco2)cc1. The van der Waals surface area contributed by atoms with Crippen molar-refractivity contribution in [2.45, 2.75) is 26.8 Å². The molecule has 1 amide bonds. The molecule has 1 unspecified atom stereocenters. The van der Waals surface area contributed by atoms with Gasteiger partial charge in [-0.3, -0.25) is 14.5 Å². The average molecular weight is 432 g/mol. The van der Waals surface area contributed by atoms with Crippen molar-refractivity contribution in [3.63, 3.8) is 0 Å². The Kier molecular flexibility index (Phi) is 5.34. The number of Topliss-reactive ketones (excluding diaryl/α,β-unsaturated/α-hetero) is 1. The molecule has 1 aliphatic rings. The van der Waals surface area contributed by atoms with E-state index in [2.05, 4.69) is 4.98 Å². The summed E-state index contributed by atoms with van der Waals surface area (Å²) in [6.45, 7) is 5.27. The zero-order valence-electron chi connectivity index (χ0n) is 18.3. The number of aromatic nitrogens is 1. The van der Waals surface area contributed by atoms with E-state index in [4.69, 9.17) is 9.15 Å². The molecule has 1 N–H and O–H groups in total. The maximum Gasteiger partial charge on any atom is 0.294 e. The van der Waals surface area contributed by atoms with Gasteiger partial charge in [-0.1, -0.05) is 39.0 Å². The number of amides is 1. The minimum Gasteiger partial charge on any atom is -0.503 e. The molecule has 0 radical (unpaired) electrons. The molecule has 1 aliphatic heterocycles. The highest BCUT2D eigenvalue weighted by molar-refractivity contribution is 6.17. The maximum absolute atomic E-state index is 13.3. The van der Waals surface area contributed by atoms with E-state index in [0.717, 1.165) is 5.56 Å². The second-order valence-corrected chi connectivity index (χ2v) is 8.57. The van der Waals surface area contributed by atoms with E-state index in [1.54, 1.807) is 63.4 Å². The van der Waals surface area contributed by atoms with Gasteiger partial charge in [-0.25, -0.2) is 4.98 Å². The van der Waals surface area contributed by atoms with Crippen molar-refractivity contribution >= 4 is 17.4 Å². The van der Waals surface area contributed by atoms with Gasteiger partial charge in [-0.05, 0) is 30.3 Å². The van der Waals surface area contributed by atoms with Gasteiger partial charge in [0.1, 0.15) is 5.75 Å². The third-order valence-corrected chi connectivity index (χ3v) is 5.43. The number of ketones is 1. The van der Waals surface area contributed by atoms with Crippen molar-refractivity contribution in [1.29, 1.82) is 0 Å². The molecular weight excluding hydrogens is 408 g/mol. The number of anilines is 1. The Hall–Kier alpha value is -3.87. The summed E-state index contributed by atoms with van der Waals surface area (Å²) in [5.74, 6) is -0.376. The van der Waals surface area contributed by atoms with Crippen LogP contribution in [0, 0.1) is 5.41 Å². The van der Waals surface area contributed by atoms with E-state index in [-0.39, 0.29) is 11.4 Å². The molecule has 4 rings (SSSR count). The van der Waals surface area contributed by atoms with Gasteiger partial charge < -0.3 is 14.3 Å². The summed E-state index contributed by atoms with van der Waals surface area (Å²) in [6, 6.07) is 13.4. The van der Waals surface area contributed by atoms with Crippen molar-refractivity contribution in [2.75, 3.05) is 12.0 Å². The fraction of sp³-hybridized carbons (Fsp3) is 0.240. The molecule has 0 bridgehead atoms. The molecule has 1 atom stereocenters. The number of hydrogen-bond donors (Lipinski definition) is 1. The van der Waals surface area contributed by atoms with Crippen LogP contribution in [0.4, 0.5) is 5.69 Å². The van der Waals surface area contributed by atoms with Crippen LogP contribution >= 0.6 is 0 Å². The summed E-state index contributed by atoms with van der Waals surface area (Å²) in [7, 11) is 1.53. The molecule has 3 aromatic rings. The molecular formula is C25H24N2O5. The molecule has 0 saturated heterocycles. The highest BCUT2D eigenvalue weighted by atomic mass is 16.5. The van der Waals surface area contributed by atoms with Crippen LogP contribution in [0.25, 0.3) is 11.3 Å². The van der Waals surface area contributed by atoms with Gasteiger partial charge in [0.2, 0.25) is 0 Å². The highest BCUT2D eigenvalue weighted by Gasteiger charge is 2.47. The molecule has 0 aliphatic carbocycles. The number of aliphatic hydroxyl groups excluding tert-OH is 1. The normalized spacial score (nSPS) is 16.6. The van der Waals surface area contributed by atoms with Crippen molar-refractivity contribution < 1.29 is 23.8 Å². The fourth-order valence-corrected chi connectivity index (χ4v) is 3.84. The smallest absolute Gasteiger partial charge is 0.294 e. The van der Waals surface area contributed by atoms with E-state index in [1.807, 2.05) is 12.1 Å². The van der Waals surface area contributed by atoms with Crippen LogP contribution in [0.2, 0.25) is 0 Å². The molecule has 2 aromatic carbocycles. The number of nitrogens with zero attached hydrogens (tertiary/aromatic N) is 2. The Balaban J connectivity index is 1.86. The Bertz CT molecular complexity index is 1190.